The molecule has 0 aromatic heterocycles. The Hall–Kier alpha value is -1.59. The minimum Gasteiger partial charge on any atom is -0.325 e. The van der Waals surface area contributed by atoms with Crippen LogP contribution in [0.3, 0.4) is 0 Å². The molecule has 21 heavy (non-hydrogen) atoms. The second kappa shape index (κ2) is 6.03. The quantitative estimate of drug-likeness (QED) is 0.899. The fourth-order valence-corrected chi connectivity index (χ4v) is 3.13. The van der Waals surface area contributed by atoms with Crippen LogP contribution in [0.1, 0.15) is 25.7 Å². The monoisotopic (exact) mass is 307 g/mol. The van der Waals surface area contributed by atoms with Crippen LogP contribution in [0.15, 0.2) is 18.2 Å². The third-order valence-corrected chi connectivity index (χ3v) is 4.26. The molecule has 1 aromatic rings. The Morgan fingerprint density at radius 2 is 2.24 bits per heavy atom. The molecule has 1 atom stereocenters. The molecule has 2 saturated heterocycles. The van der Waals surface area contributed by atoms with Crippen molar-refractivity contribution in [3.63, 3.8) is 0 Å². The number of nitrogens with zero attached hydrogens (tertiary/aromatic N) is 1. The third kappa shape index (κ3) is 3.04. The van der Waals surface area contributed by atoms with Gasteiger partial charge in [-0.05, 0) is 44.0 Å². The summed E-state index contributed by atoms with van der Waals surface area (Å²) in [6.45, 7) is 1.59. The zero-order chi connectivity index (χ0) is 14.8. The molecule has 0 aliphatic carbocycles. The van der Waals surface area contributed by atoms with E-state index >= 15 is 0 Å². The van der Waals surface area contributed by atoms with Gasteiger partial charge in [-0.25, -0.2) is 0 Å². The molecule has 2 fully saturated rings. The Bertz CT molecular complexity index is 570. The Balaban J connectivity index is 1.71. The number of hydrogen-bond donors (Lipinski definition) is 2. The van der Waals surface area contributed by atoms with Crippen LogP contribution in [0.4, 0.5) is 11.4 Å². The predicted octanol–water partition coefficient (Wildman–Crippen LogP) is 2.16. The lowest BCUT2D eigenvalue weighted by molar-refractivity contribution is -0.118. The fraction of sp³-hybridized carbons (Fsp3) is 0.467. The van der Waals surface area contributed by atoms with Gasteiger partial charge in [0.05, 0.1) is 16.8 Å². The molecule has 2 N–H and O–H groups in total. The normalized spacial score (nSPS) is 21.9. The molecule has 112 valence electrons. The van der Waals surface area contributed by atoms with E-state index in [1.165, 1.54) is 0 Å². The summed E-state index contributed by atoms with van der Waals surface area (Å²) in [7, 11) is 0. The second-order valence-corrected chi connectivity index (χ2v) is 5.86. The topological polar surface area (TPSA) is 61.4 Å². The van der Waals surface area contributed by atoms with Crippen molar-refractivity contribution in [3.8, 4) is 0 Å². The van der Waals surface area contributed by atoms with Crippen molar-refractivity contribution in [2.45, 2.75) is 31.7 Å². The van der Waals surface area contributed by atoms with Crippen molar-refractivity contribution in [1.29, 1.82) is 0 Å². The Labute approximate surface area is 128 Å². The van der Waals surface area contributed by atoms with Crippen molar-refractivity contribution in [2.75, 3.05) is 23.3 Å². The highest BCUT2D eigenvalue weighted by Crippen LogP contribution is 2.31. The van der Waals surface area contributed by atoms with Crippen LogP contribution in [-0.2, 0) is 9.59 Å². The second-order valence-electron chi connectivity index (χ2n) is 5.45. The van der Waals surface area contributed by atoms with Crippen LogP contribution in [0, 0.1) is 0 Å². The van der Waals surface area contributed by atoms with Gasteiger partial charge >= 0.3 is 0 Å². The van der Waals surface area contributed by atoms with Crippen molar-refractivity contribution >= 4 is 34.8 Å². The van der Waals surface area contributed by atoms with E-state index < -0.39 is 0 Å². The van der Waals surface area contributed by atoms with Crippen LogP contribution in [0.5, 0.6) is 0 Å². The first-order valence-corrected chi connectivity index (χ1v) is 7.67. The summed E-state index contributed by atoms with van der Waals surface area (Å²) in [6.07, 6.45) is 3.32. The van der Waals surface area contributed by atoms with Crippen LogP contribution in [0.25, 0.3) is 0 Å². The van der Waals surface area contributed by atoms with Crippen LogP contribution >= 0.6 is 11.6 Å². The highest BCUT2D eigenvalue weighted by Gasteiger charge is 2.25. The van der Waals surface area contributed by atoms with Crippen molar-refractivity contribution in [2.24, 2.45) is 0 Å². The smallest absolute Gasteiger partial charge is 0.241 e. The standard InChI is InChI=1S/C15H18ClN3O2/c16-11-9-10(18-15(21)12-3-1-7-17-12)5-6-13(11)19-8-2-4-14(19)20/h5-6,9,12,17H,1-4,7-8H2,(H,18,21)/t12-/m0/s1. The lowest BCUT2D eigenvalue weighted by Crippen LogP contribution is -2.35. The highest BCUT2D eigenvalue weighted by molar-refractivity contribution is 6.34. The molecular weight excluding hydrogens is 290 g/mol. The molecule has 5 nitrogen and oxygen atoms in total. The number of amides is 2. The molecule has 0 saturated carbocycles. The van der Waals surface area contributed by atoms with E-state index in [1.54, 1.807) is 23.1 Å². The molecule has 2 aliphatic rings. The maximum Gasteiger partial charge on any atom is 0.241 e. The third-order valence-electron chi connectivity index (χ3n) is 3.96. The van der Waals surface area contributed by atoms with Gasteiger partial charge in [0.25, 0.3) is 0 Å². The molecule has 0 bridgehead atoms. The first-order chi connectivity index (χ1) is 10.1. The largest absolute Gasteiger partial charge is 0.325 e. The van der Waals surface area contributed by atoms with Gasteiger partial charge in [0, 0.05) is 18.7 Å². The summed E-state index contributed by atoms with van der Waals surface area (Å²) in [5, 5.41) is 6.51. The summed E-state index contributed by atoms with van der Waals surface area (Å²) in [4.78, 5) is 25.5. The molecule has 0 unspecified atom stereocenters. The van der Waals surface area contributed by atoms with E-state index in [9.17, 15) is 9.59 Å². The zero-order valence-corrected chi connectivity index (χ0v) is 12.4. The summed E-state index contributed by atoms with van der Waals surface area (Å²) in [5.41, 5.74) is 1.38. The predicted molar refractivity (Wildman–Crippen MR) is 82.7 cm³/mol. The number of anilines is 2. The lowest BCUT2D eigenvalue weighted by Gasteiger charge is -2.18. The number of hydrogen-bond acceptors (Lipinski definition) is 3. The maximum atomic E-state index is 12.0. The van der Waals surface area contributed by atoms with Gasteiger partial charge in [-0.2, -0.15) is 0 Å². The average molecular weight is 308 g/mol. The first-order valence-electron chi connectivity index (χ1n) is 7.29. The number of carbonyl (C=O) groups excluding carboxylic acids is 2. The van der Waals surface area contributed by atoms with Crippen molar-refractivity contribution in [3.05, 3.63) is 23.2 Å². The molecule has 3 rings (SSSR count). The number of nitrogens with one attached hydrogen (secondary N) is 2. The van der Waals surface area contributed by atoms with E-state index in [2.05, 4.69) is 10.6 Å². The van der Waals surface area contributed by atoms with Gasteiger partial charge in [0.2, 0.25) is 11.8 Å². The SMILES string of the molecule is O=C(Nc1ccc(N2CCCC2=O)c(Cl)c1)[C@@H]1CCCN1. The van der Waals surface area contributed by atoms with Gasteiger partial charge in [-0.3, -0.25) is 9.59 Å². The van der Waals surface area contributed by atoms with E-state index in [4.69, 9.17) is 11.6 Å². The fourth-order valence-electron chi connectivity index (χ4n) is 2.84. The Morgan fingerprint density at radius 3 is 2.86 bits per heavy atom. The van der Waals surface area contributed by atoms with Gasteiger partial charge in [-0.15, -0.1) is 0 Å². The van der Waals surface area contributed by atoms with Crippen LogP contribution in [0.2, 0.25) is 5.02 Å². The summed E-state index contributed by atoms with van der Waals surface area (Å²) < 4.78 is 0. The Kier molecular flexibility index (Phi) is 4.12. The zero-order valence-electron chi connectivity index (χ0n) is 11.7. The first kappa shape index (κ1) is 14.4. The van der Waals surface area contributed by atoms with Gasteiger partial charge < -0.3 is 15.5 Å². The molecule has 6 heteroatoms. The molecule has 2 aliphatic heterocycles. The molecular formula is C15H18ClN3O2. The molecule has 0 spiro atoms. The van der Waals surface area contributed by atoms with Crippen LogP contribution < -0.4 is 15.5 Å². The van der Waals surface area contributed by atoms with Crippen molar-refractivity contribution in [1.82, 2.24) is 5.32 Å². The summed E-state index contributed by atoms with van der Waals surface area (Å²) in [6, 6.07) is 5.17. The van der Waals surface area contributed by atoms with Gasteiger partial charge in [-0.1, -0.05) is 11.6 Å². The minimum atomic E-state index is -0.122. The molecule has 0 radical (unpaired) electrons. The maximum absolute atomic E-state index is 12.0. The number of halogens is 1. The van der Waals surface area contributed by atoms with E-state index in [1.807, 2.05) is 0 Å². The van der Waals surface area contributed by atoms with E-state index in [0.717, 1.165) is 31.5 Å². The molecule has 1 aromatic carbocycles. The summed E-state index contributed by atoms with van der Waals surface area (Å²) in [5.74, 6) is 0.0670. The van der Waals surface area contributed by atoms with E-state index in [-0.39, 0.29) is 17.9 Å². The van der Waals surface area contributed by atoms with Gasteiger partial charge in [0.15, 0.2) is 0 Å². The number of rotatable bonds is 3. The highest BCUT2D eigenvalue weighted by atomic mass is 35.5. The number of carbonyl (C=O) groups is 2. The number of benzene rings is 1. The Morgan fingerprint density at radius 1 is 1.38 bits per heavy atom. The van der Waals surface area contributed by atoms with Gasteiger partial charge in [0.1, 0.15) is 0 Å². The molecule has 2 amide bonds. The van der Waals surface area contributed by atoms with Crippen LogP contribution in [-0.4, -0.2) is 30.9 Å². The summed E-state index contributed by atoms with van der Waals surface area (Å²) >= 11 is 6.26. The van der Waals surface area contributed by atoms with Crippen molar-refractivity contribution < 1.29 is 9.59 Å². The average Bonchev–Trinajstić information content (AvgIpc) is 3.10. The van der Waals surface area contributed by atoms with E-state index in [0.29, 0.717) is 23.7 Å². The minimum absolute atomic E-state index is 0.0337. The molecule has 2 heterocycles. The lowest BCUT2D eigenvalue weighted by atomic mass is 10.2.